The minimum Gasteiger partial charge on any atom is -0.497 e. The highest BCUT2D eigenvalue weighted by atomic mass is 16.5. The van der Waals surface area contributed by atoms with Crippen molar-refractivity contribution < 1.29 is 13.9 Å². The van der Waals surface area contributed by atoms with E-state index in [1.54, 1.807) is 14.2 Å². The first-order valence-corrected chi connectivity index (χ1v) is 7.96. The molecule has 5 heteroatoms. The normalized spacial score (nSPS) is 11.0. The lowest BCUT2D eigenvalue weighted by atomic mass is 10.2. The van der Waals surface area contributed by atoms with Gasteiger partial charge in [-0.1, -0.05) is 0 Å². The summed E-state index contributed by atoms with van der Waals surface area (Å²) in [6, 6.07) is 13.7. The largest absolute Gasteiger partial charge is 0.497 e. The maximum Gasteiger partial charge on any atom is 0.227 e. The molecule has 0 N–H and O–H groups in total. The summed E-state index contributed by atoms with van der Waals surface area (Å²) in [5.74, 6) is 1.93. The van der Waals surface area contributed by atoms with Crippen LogP contribution in [0.15, 0.2) is 59.3 Å². The van der Waals surface area contributed by atoms with Crippen molar-refractivity contribution >= 4 is 11.1 Å². The summed E-state index contributed by atoms with van der Waals surface area (Å²) >= 11 is 0. The SMILES string of the molecule is COc1cc(OC)cc(-c2nc3cc(-n4cccc4)cc(C)c3o2)c1. The minimum absolute atomic E-state index is 0.542. The number of ether oxygens (including phenoxy) is 2. The zero-order valence-corrected chi connectivity index (χ0v) is 14.3. The molecule has 0 saturated heterocycles. The van der Waals surface area contributed by atoms with Crippen molar-refractivity contribution in [3.63, 3.8) is 0 Å². The van der Waals surface area contributed by atoms with Gasteiger partial charge in [-0.2, -0.15) is 0 Å². The van der Waals surface area contributed by atoms with Crippen molar-refractivity contribution in [1.82, 2.24) is 9.55 Å². The third kappa shape index (κ3) is 2.74. The molecule has 0 bridgehead atoms. The van der Waals surface area contributed by atoms with E-state index >= 15 is 0 Å². The summed E-state index contributed by atoms with van der Waals surface area (Å²) in [5.41, 5.74) is 4.51. The van der Waals surface area contributed by atoms with Crippen LogP contribution in [0.3, 0.4) is 0 Å². The highest BCUT2D eigenvalue weighted by Gasteiger charge is 2.14. The summed E-state index contributed by atoms with van der Waals surface area (Å²) < 4.78 is 18.7. The molecule has 0 atom stereocenters. The van der Waals surface area contributed by atoms with Gasteiger partial charge in [0, 0.05) is 29.7 Å². The van der Waals surface area contributed by atoms with Crippen molar-refractivity contribution in [3.05, 3.63) is 60.4 Å². The molecule has 0 spiro atoms. The molecule has 25 heavy (non-hydrogen) atoms. The number of oxazole rings is 1. The molecule has 2 heterocycles. The number of aromatic nitrogens is 2. The predicted octanol–water partition coefficient (Wildman–Crippen LogP) is 4.61. The van der Waals surface area contributed by atoms with E-state index in [0.29, 0.717) is 17.4 Å². The molecule has 5 nitrogen and oxygen atoms in total. The molecule has 0 aliphatic heterocycles. The molecule has 0 fully saturated rings. The molecular weight excluding hydrogens is 316 g/mol. The highest BCUT2D eigenvalue weighted by molar-refractivity contribution is 5.82. The van der Waals surface area contributed by atoms with E-state index in [1.807, 2.05) is 55.7 Å². The van der Waals surface area contributed by atoms with Crippen LogP contribution in [-0.4, -0.2) is 23.8 Å². The average molecular weight is 334 g/mol. The smallest absolute Gasteiger partial charge is 0.227 e. The van der Waals surface area contributed by atoms with E-state index < -0.39 is 0 Å². The maximum atomic E-state index is 6.02. The molecule has 0 amide bonds. The van der Waals surface area contributed by atoms with Gasteiger partial charge in [-0.05, 0) is 48.9 Å². The van der Waals surface area contributed by atoms with Gasteiger partial charge in [-0.25, -0.2) is 4.98 Å². The lowest BCUT2D eigenvalue weighted by Gasteiger charge is -2.06. The van der Waals surface area contributed by atoms with Crippen molar-refractivity contribution in [1.29, 1.82) is 0 Å². The molecule has 0 aliphatic rings. The quantitative estimate of drug-likeness (QED) is 0.547. The van der Waals surface area contributed by atoms with Gasteiger partial charge >= 0.3 is 0 Å². The first-order chi connectivity index (χ1) is 12.2. The van der Waals surface area contributed by atoms with Crippen molar-refractivity contribution in [2.75, 3.05) is 14.2 Å². The van der Waals surface area contributed by atoms with Crippen LogP contribution in [-0.2, 0) is 0 Å². The number of nitrogens with zero attached hydrogens (tertiary/aromatic N) is 2. The summed E-state index contributed by atoms with van der Waals surface area (Å²) in [4.78, 5) is 4.67. The highest BCUT2D eigenvalue weighted by Crippen LogP contribution is 2.33. The van der Waals surface area contributed by atoms with Crippen molar-refractivity contribution in [3.8, 4) is 28.6 Å². The predicted molar refractivity (Wildman–Crippen MR) is 96.6 cm³/mol. The number of benzene rings is 2. The van der Waals surface area contributed by atoms with Crippen LogP contribution in [0, 0.1) is 6.92 Å². The number of hydrogen-bond donors (Lipinski definition) is 0. The summed E-state index contributed by atoms with van der Waals surface area (Å²) in [6.07, 6.45) is 4.02. The van der Waals surface area contributed by atoms with Crippen LogP contribution < -0.4 is 9.47 Å². The summed E-state index contributed by atoms with van der Waals surface area (Å²) in [6.45, 7) is 2.02. The fourth-order valence-electron chi connectivity index (χ4n) is 2.89. The molecule has 0 saturated carbocycles. The van der Waals surface area contributed by atoms with E-state index in [1.165, 1.54) is 0 Å². The fraction of sp³-hybridized carbons (Fsp3) is 0.150. The monoisotopic (exact) mass is 334 g/mol. The number of rotatable bonds is 4. The third-order valence-corrected chi connectivity index (χ3v) is 4.16. The maximum absolute atomic E-state index is 6.02. The molecule has 0 radical (unpaired) electrons. The second-order valence-electron chi connectivity index (χ2n) is 5.82. The van der Waals surface area contributed by atoms with Crippen LogP contribution in [0.4, 0.5) is 0 Å². The topological polar surface area (TPSA) is 49.4 Å². The van der Waals surface area contributed by atoms with Crippen LogP contribution in [0.1, 0.15) is 5.56 Å². The molecular formula is C20H18N2O3. The van der Waals surface area contributed by atoms with E-state index in [2.05, 4.69) is 15.6 Å². The number of fused-ring (bicyclic) bond motifs is 1. The second-order valence-corrected chi connectivity index (χ2v) is 5.82. The number of methoxy groups -OCH3 is 2. The molecule has 2 aromatic carbocycles. The van der Waals surface area contributed by atoms with Crippen LogP contribution >= 0.6 is 0 Å². The Kier molecular flexibility index (Phi) is 3.69. The Morgan fingerprint density at radius 1 is 0.920 bits per heavy atom. The lowest BCUT2D eigenvalue weighted by Crippen LogP contribution is -1.90. The van der Waals surface area contributed by atoms with Gasteiger partial charge in [-0.15, -0.1) is 0 Å². The standard InChI is InChI=1S/C20H18N2O3/c1-13-8-15(22-6-4-5-7-22)11-18-19(13)25-20(21-18)14-9-16(23-2)12-17(10-14)24-3/h4-12H,1-3H3. The summed E-state index contributed by atoms with van der Waals surface area (Å²) in [5, 5.41) is 0. The Morgan fingerprint density at radius 2 is 1.60 bits per heavy atom. The Morgan fingerprint density at radius 3 is 2.24 bits per heavy atom. The van der Waals surface area contributed by atoms with Crippen LogP contribution in [0.2, 0.25) is 0 Å². The van der Waals surface area contributed by atoms with Crippen molar-refractivity contribution in [2.24, 2.45) is 0 Å². The summed E-state index contributed by atoms with van der Waals surface area (Å²) in [7, 11) is 3.25. The zero-order chi connectivity index (χ0) is 17.4. The Balaban J connectivity index is 1.86. The van der Waals surface area contributed by atoms with E-state index in [0.717, 1.165) is 27.9 Å². The number of aryl methyl sites for hydroxylation is 1. The minimum atomic E-state index is 0.542. The van der Waals surface area contributed by atoms with Gasteiger partial charge in [0.2, 0.25) is 5.89 Å². The van der Waals surface area contributed by atoms with Gasteiger partial charge in [0.15, 0.2) is 5.58 Å². The Labute approximate surface area is 145 Å². The van der Waals surface area contributed by atoms with Gasteiger partial charge in [0.25, 0.3) is 0 Å². The average Bonchev–Trinajstić information content (AvgIpc) is 3.30. The second kappa shape index (κ2) is 6.02. The lowest BCUT2D eigenvalue weighted by molar-refractivity contribution is 0.394. The van der Waals surface area contributed by atoms with Gasteiger partial charge in [0.1, 0.15) is 17.0 Å². The van der Waals surface area contributed by atoms with Crippen LogP contribution in [0.25, 0.3) is 28.2 Å². The van der Waals surface area contributed by atoms with Crippen LogP contribution in [0.5, 0.6) is 11.5 Å². The molecule has 0 unspecified atom stereocenters. The van der Waals surface area contributed by atoms with E-state index in [4.69, 9.17) is 13.9 Å². The first kappa shape index (κ1) is 15.3. The van der Waals surface area contributed by atoms with Gasteiger partial charge < -0.3 is 18.5 Å². The van der Waals surface area contributed by atoms with E-state index in [-0.39, 0.29) is 0 Å². The van der Waals surface area contributed by atoms with Crippen molar-refractivity contribution in [2.45, 2.75) is 6.92 Å². The molecule has 4 aromatic rings. The molecule has 126 valence electrons. The third-order valence-electron chi connectivity index (χ3n) is 4.16. The van der Waals surface area contributed by atoms with Gasteiger partial charge in [0.05, 0.1) is 14.2 Å². The molecule has 4 rings (SSSR count). The molecule has 2 aromatic heterocycles. The zero-order valence-electron chi connectivity index (χ0n) is 14.3. The first-order valence-electron chi connectivity index (χ1n) is 7.96. The number of hydrogen-bond acceptors (Lipinski definition) is 4. The van der Waals surface area contributed by atoms with Gasteiger partial charge in [-0.3, -0.25) is 0 Å². The Bertz CT molecular complexity index is 1010. The fourth-order valence-corrected chi connectivity index (χ4v) is 2.89. The molecule has 0 aliphatic carbocycles. The Hall–Kier alpha value is -3.21. The van der Waals surface area contributed by atoms with E-state index in [9.17, 15) is 0 Å².